The van der Waals surface area contributed by atoms with Crippen molar-refractivity contribution in [3.8, 4) is 0 Å². The molecule has 0 saturated heterocycles. The van der Waals surface area contributed by atoms with Gasteiger partial charge in [-0.2, -0.15) is 0 Å². The van der Waals surface area contributed by atoms with E-state index >= 15 is 0 Å². The lowest BCUT2D eigenvalue weighted by Crippen LogP contribution is -2.27. The van der Waals surface area contributed by atoms with Gasteiger partial charge in [0.05, 0.1) is 0 Å². The smallest absolute Gasteiger partial charge is 0.243 e. The first-order valence-electron chi connectivity index (χ1n) is 5.29. The van der Waals surface area contributed by atoms with Crippen molar-refractivity contribution < 1.29 is 9.21 Å². The Hall–Kier alpha value is -2.17. The zero-order valence-electron chi connectivity index (χ0n) is 9.68. The summed E-state index contributed by atoms with van der Waals surface area (Å²) >= 11 is 0. The number of benzene rings is 1. The van der Waals surface area contributed by atoms with Crippen molar-refractivity contribution in [1.82, 2.24) is 15.5 Å². The van der Waals surface area contributed by atoms with E-state index in [4.69, 9.17) is 4.42 Å². The zero-order chi connectivity index (χ0) is 12.3. The molecule has 1 amide bonds. The third-order valence-electron chi connectivity index (χ3n) is 2.27. The van der Waals surface area contributed by atoms with Gasteiger partial charge < -0.3 is 9.73 Å². The largest absolute Gasteiger partial charge is 0.423 e. The van der Waals surface area contributed by atoms with E-state index in [9.17, 15) is 4.79 Å². The van der Waals surface area contributed by atoms with Crippen LogP contribution in [-0.2, 0) is 4.79 Å². The van der Waals surface area contributed by atoms with Crippen molar-refractivity contribution in [2.24, 2.45) is 0 Å². The molecule has 0 bridgehead atoms. The summed E-state index contributed by atoms with van der Waals surface area (Å²) in [5, 5.41) is 10.5. The Kier molecular flexibility index (Phi) is 3.18. The van der Waals surface area contributed by atoms with Gasteiger partial charge in [-0.15, -0.1) is 10.2 Å². The Balaban J connectivity index is 2.35. The summed E-state index contributed by atoms with van der Waals surface area (Å²) in [4.78, 5) is 11.2. The highest BCUT2D eigenvalue weighted by Crippen LogP contribution is 2.20. The highest BCUT2D eigenvalue weighted by molar-refractivity contribution is 5.73. The van der Waals surface area contributed by atoms with Gasteiger partial charge >= 0.3 is 0 Å². The minimum atomic E-state index is -0.394. The number of carbonyl (C=O) groups is 1. The molecule has 17 heavy (non-hydrogen) atoms. The predicted molar refractivity (Wildman–Crippen MR) is 61.1 cm³/mol. The van der Waals surface area contributed by atoms with E-state index in [2.05, 4.69) is 15.5 Å². The number of nitrogens with zero attached hydrogens (tertiary/aromatic N) is 2. The van der Waals surface area contributed by atoms with E-state index in [0.717, 1.165) is 5.56 Å². The zero-order valence-corrected chi connectivity index (χ0v) is 9.68. The lowest BCUT2D eigenvalue weighted by Gasteiger charge is -2.13. The fourth-order valence-electron chi connectivity index (χ4n) is 1.56. The van der Waals surface area contributed by atoms with E-state index in [1.54, 1.807) is 6.92 Å². The minimum absolute atomic E-state index is 0.144. The average Bonchev–Trinajstić information content (AvgIpc) is 2.73. The van der Waals surface area contributed by atoms with Crippen LogP contribution in [0.15, 0.2) is 34.7 Å². The van der Waals surface area contributed by atoms with Crippen LogP contribution >= 0.6 is 0 Å². The summed E-state index contributed by atoms with van der Waals surface area (Å²) in [7, 11) is 0. The molecule has 1 aromatic heterocycles. The van der Waals surface area contributed by atoms with Crippen molar-refractivity contribution in [3.05, 3.63) is 47.7 Å². The molecule has 2 rings (SSSR count). The SMILES string of the molecule is CC(=O)N[C@@H](c1ccccc1)c1nnc(C)o1. The van der Waals surface area contributed by atoms with Crippen molar-refractivity contribution in [2.45, 2.75) is 19.9 Å². The molecule has 0 aliphatic carbocycles. The molecule has 5 nitrogen and oxygen atoms in total. The highest BCUT2D eigenvalue weighted by atomic mass is 16.4. The van der Waals surface area contributed by atoms with Crippen LogP contribution < -0.4 is 5.32 Å². The average molecular weight is 231 g/mol. The lowest BCUT2D eigenvalue weighted by atomic mass is 10.1. The summed E-state index contributed by atoms with van der Waals surface area (Å²) in [6.07, 6.45) is 0. The predicted octanol–water partition coefficient (Wildman–Crippen LogP) is 1.60. The third kappa shape index (κ3) is 2.69. The number of nitrogens with one attached hydrogen (secondary N) is 1. The van der Waals surface area contributed by atoms with E-state index in [-0.39, 0.29) is 5.91 Å². The number of hydrogen-bond acceptors (Lipinski definition) is 4. The van der Waals surface area contributed by atoms with Crippen molar-refractivity contribution >= 4 is 5.91 Å². The molecular weight excluding hydrogens is 218 g/mol. The standard InChI is InChI=1S/C12H13N3O2/c1-8(16)13-11(10-6-4-3-5-7-10)12-15-14-9(2)17-12/h3-7,11H,1-2H3,(H,13,16)/t11-/m0/s1. The van der Waals surface area contributed by atoms with Crippen molar-refractivity contribution in [1.29, 1.82) is 0 Å². The Morgan fingerprint density at radius 3 is 2.53 bits per heavy atom. The quantitative estimate of drug-likeness (QED) is 0.871. The van der Waals surface area contributed by atoms with Gasteiger partial charge in [0, 0.05) is 13.8 Å². The molecule has 1 atom stereocenters. The maximum atomic E-state index is 11.2. The Morgan fingerprint density at radius 2 is 2.00 bits per heavy atom. The number of rotatable bonds is 3. The molecule has 2 aromatic rings. The first-order chi connectivity index (χ1) is 8.16. The molecule has 0 aliphatic rings. The number of amides is 1. The Labute approximate surface area is 98.9 Å². The highest BCUT2D eigenvalue weighted by Gasteiger charge is 2.20. The fraction of sp³-hybridized carbons (Fsp3) is 0.250. The number of carbonyl (C=O) groups excluding carboxylic acids is 1. The topological polar surface area (TPSA) is 68.0 Å². The van der Waals surface area contributed by atoms with Crippen LogP contribution in [0.3, 0.4) is 0 Å². The molecule has 5 heteroatoms. The molecule has 0 radical (unpaired) electrons. The summed E-state index contributed by atoms with van der Waals surface area (Å²) in [5.41, 5.74) is 0.909. The van der Waals surface area contributed by atoms with Crippen LogP contribution in [0.4, 0.5) is 0 Å². The Morgan fingerprint density at radius 1 is 1.29 bits per heavy atom. The van der Waals surface area contributed by atoms with Gasteiger partial charge in [-0.1, -0.05) is 30.3 Å². The lowest BCUT2D eigenvalue weighted by molar-refractivity contribution is -0.119. The van der Waals surface area contributed by atoms with Crippen LogP contribution in [0.25, 0.3) is 0 Å². The fourth-order valence-corrected chi connectivity index (χ4v) is 1.56. The van der Waals surface area contributed by atoms with Crippen LogP contribution in [0.2, 0.25) is 0 Å². The van der Waals surface area contributed by atoms with Gasteiger partial charge in [0.15, 0.2) is 0 Å². The first kappa shape index (κ1) is 11.3. The van der Waals surface area contributed by atoms with Crippen LogP contribution in [-0.4, -0.2) is 16.1 Å². The maximum Gasteiger partial charge on any atom is 0.243 e. The van der Waals surface area contributed by atoms with Crippen LogP contribution in [0.5, 0.6) is 0 Å². The molecule has 1 aromatic carbocycles. The van der Waals surface area contributed by atoms with E-state index < -0.39 is 6.04 Å². The second-order valence-electron chi connectivity index (χ2n) is 3.70. The monoisotopic (exact) mass is 231 g/mol. The molecular formula is C12H13N3O2. The third-order valence-corrected chi connectivity index (χ3v) is 2.27. The van der Waals surface area contributed by atoms with Gasteiger partial charge in [-0.3, -0.25) is 4.79 Å². The molecule has 88 valence electrons. The number of aromatic nitrogens is 2. The second kappa shape index (κ2) is 4.78. The van der Waals surface area contributed by atoms with Gasteiger partial charge in [-0.05, 0) is 5.56 Å². The van der Waals surface area contributed by atoms with E-state index in [0.29, 0.717) is 11.8 Å². The molecule has 0 fully saturated rings. The number of hydrogen-bond donors (Lipinski definition) is 1. The molecule has 0 spiro atoms. The van der Waals surface area contributed by atoms with Gasteiger partial charge in [0.2, 0.25) is 17.7 Å². The van der Waals surface area contributed by atoms with Crippen molar-refractivity contribution in [2.75, 3.05) is 0 Å². The van der Waals surface area contributed by atoms with Gasteiger partial charge in [0.25, 0.3) is 0 Å². The maximum absolute atomic E-state index is 11.2. The minimum Gasteiger partial charge on any atom is -0.423 e. The van der Waals surface area contributed by atoms with Gasteiger partial charge in [-0.25, -0.2) is 0 Å². The molecule has 1 N–H and O–H groups in total. The summed E-state index contributed by atoms with van der Waals surface area (Å²) in [6.45, 7) is 3.17. The normalized spacial score (nSPS) is 12.1. The van der Waals surface area contributed by atoms with Gasteiger partial charge in [0.1, 0.15) is 6.04 Å². The van der Waals surface area contributed by atoms with E-state index in [1.807, 2.05) is 30.3 Å². The number of aryl methyl sites for hydroxylation is 1. The summed E-state index contributed by atoms with van der Waals surface area (Å²) in [6, 6.07) is 9.11. The first-order valence-corrected chi connectivity index (χ1v) is 5.29. The molecule has 1 heterocycles. The van der Waals surface area contributed by atoms with Crippen molar-refractivity contribution in [3.63, 3.8) is 0 Å². The molecule has 0 unspecified atom stereocenters. The molecule has 0 aliphatic heterocycles. The van der Waals surface area contributed by atoms with E-state index in [1.165, 1.54) is 6.92 Å². The Bertz CT molecular complexity index is 507. The second-order valence-corrected chi connectivity index (χ2v) is 3.70. The summed E-state index contributed by atoms with van der Waals surface area (Å²) < 4.78 is 5.36. The van der Waals surface area contributed by atoms with Crippen LogP contribution in [0, 0.1) is 6.92 Å². The van der Waals surface area contributed by atoms with Crippen LogP contribution in [0.1, 0.15) is 30.3 Å². The molecule has 0 saturated carbocycles. The summed E-state index contributed by atoms with van der Waals surface area (Å²) in [5.74, 6) is 0.727.